The van der Waals surface area contributed by atoms with E-state index in [1.54, 1.807) is 25.1 Å². The van der Waals surface area contributed by atoms with Crippen molar-refractivity contribution < 1.29 is 40.8 Å². The van der Waals surface area contributed by atoms with Crippen molar-refractivity contribution in [2.45, 2.75) is 24.4 Å². The minimum atomic E-state index is -5.08. The van der Waals surface area contributed by atoms with Crippen LogP contribution < -0.4 is 10.0 Å². The molecule has 0 unspecified atom stereocenters. The van der Waals surface area contributed by atoms with E-state index >= 15 is 0 Å². The number of hydrogen-bond donors (Lipinski definition) is 3. The smallest absolute Gasteiger partial charge is 0.475 e. The first-order valence-electron chi connectivity index (χ1n) is 9.27. The highest BCUT2D eigenvalue weighted by Crippen LogP contribution is 2.23. The quantitative estimate of drug-likeness (QED) is 0.394. The van der Waals surface area contributed by atoms with Gasteiger partial charge in [0.15, 0.2) is 0 Å². The third kappa shape index (κ3) is 8.77. The molecule has 2 aromatic carbocycles. The lowest BCUT2D eigenvalue weighted by molar-refractivity contribution is -0.192. The number of aryl methyl sites for hydroxylation is 1. The standard InChI is InChI=1S/C18H15Cl2N3O4S.C2HF3O2/c1-11-8-18(27-22-11)23-28(25,26)14-5-3-13(4-6-14)21-17(24)10-12-2-7-15(19)16(20)9-12;3-2(4,5)1(6)7/h2-9,23H,10H2,1H3,(H,21,24);(H,6,7). The number of halogens is 5. The lowest BCUT2D eigenvalue weighted by Crippen LogP contribution is -2.21. The summed E-state index contributed by atoms with van der Waals surface area (Å²) in [5, 5.41) is 14.2. The number of carboxylic acids is 1. The number of hydrogen-bond acceptors (Lipinski definition) is 6. The predicted octanol–water partition coefficient (Wildman–Crippen LogP) is 4.91. The first-order chi connectivity index (χ1) is 16.2. The van der Waals surface area contributed by atoms with E-state index in [4.69, 9.17) is 37.6 Å². The summed E-state index contributed by atoms with van der Waals surface area (Å²) in [5.74, 6) is -3.01. The summed E-state index contributed by atoms with van der Waals surface area (Å²) in [4.78, 5) is 21.1. The van der Waals surface area contributed by atoms with Crippen LogP contribution in [0.4, 0.5) is 24.7 Å². The molecule has 3 rings (SSSR count). The Morgan fingerprint density at radius 2 is 1.66 bits per heavy atom. The molecule has 0 radical (unpaired) electrons. The van der Waals surface area contributed by atoms with Crippen LogP contribution in [0.5, 0.6) is 0 Å². The van der Waals surface area contributed by atoms with Crippen LogP contribution in [-0.2, 0) is 26.0 Å². The molecule has 0 atom stereocenters. The number of rotatable bonds is 6. The molecule has 1 heterocycles. The van der Waals surface area contributed by atoms with Gasteiger partial charge in [0.25, 0.3) is 10.0 Å². The molecule has 0 bridgehead atoms. The lowest BCUT2D eigenvalue weighted by Gasteiger charge is -2.08. The Morgan fingerprint density at radius 1 is 1.06 bits per heavy atom. The van der Waals surface area contributed by atoms with Gasteiger partial charge in [-0.2, -0.15) is 13.2 Å². The van der Waals surface area contributed by atoms with E-state index in [-0.39, 0.29) is 23.1 Å². The molecule has 0 aliphatic heterocycles. The Balaban J connectivity index is 0.000000540. The Hall–Kier alpha value is -3.29. The van der Waals surface area contributed by atoms with Crippen molar-refractivity contribution in [3.63, 3.8) is 0 Å². The normalized spacial score (nSPS) is 11.3. The molecule has 0 fully saturated rings. The lowest BCUT2D eigenvalue weighted by atomic mass is 10.1. The third-order valence-corrected chi connectivity index (χ3v) is 6.00. The van der Waals surface area contributed by atoms with Crippen LogP contribution in [0.25, 0.3) is 0 Å². The molecule has 3 aromatic rings. The van der Waals surface area contributed by atoms with Crippen molar-refractivity contribution in [2.75, 3.05) is 10.0 Å². The molecular formula is C20H16Cl2F3N3O6S. The highest BCUT2D eigenvalue weighted by molar-refractivity contribution is 7.92. The van der Waals surface area contributed by atoms with E-state index in [0.717, 1.165) is 0 Å². The highest BCUT2D eigenvalue weighted by atomic mass is 35.5. The van der Waals surface area contributed by atoms with Crippen molar-refractivity contribution in [3.05, 3.63) is 69.8 Å². The SMILES string of the molecule is Cc1cc(NS(=O)(=O)c2ccc(NC(=O)Cc3ccc(Cl)c(Cl)c3)cc2)on1.O=C(O)C(F)(F)F. The summed E-state index contributed by atoms with van der Waals surface area (Å²) in [6.07, 6.45) is -4.98. The molecule has 1 amide bonds. The fourth-order valence-electron chi connectivity index (χ4n) is 2.36. The number of nitrogens with one attached hydrogen (secondary N) is 2. The number of carbonyl (C=O) groups excluding carboxylic acids is 1. The second-order valence-corrected chi connectivity index (χ2v) is 9.24. The minimum Gasteiger partial charge on any atom is -0.475 e. The van der Waals surface area contributed by atoms with Gasteiger partial charge >= 0.3 is 12.1 Å². The number of sulfonamides is 1. The molecule has 188 valence electrons. The van der Waals surface area contributed by atoms with Gasteiger partial charge < -0.3 is 14.9 Å². The number of carbonyl (C=O) groups is 2. The summed E-state index contributed by atoms with van der Waals surface area (Å²) in [7, 11) is -3.83. The predicted molar refractivity (Wildman–Crippen MR) is 121 cm³/mol. The van der Waals surface area contributed by atoms with Crippen molar-refractivity contribution >= 4 is 56.7 Å². The monoisotopic (exact) mass is 553 g/mol. The van der Waals surface area contributed by atoms with Crippen molar-refractivity contribution in [1.82, 2.24) is 5.16 Å². The summed E-state index contributed by atoms with van der Waals surface area (Å²) in [6, 6.07) is 12.2. The molecule has 0 saturated heterocycles. The zero-order chi connectivity index (χ0) is 26.4. The van der Waals surface area contributed by atoms with E-state index in [0.29, 0.717) is 27.0 Å². The first kappa shape index (κ1) is 28.0. The number of nitrogens with zero attached hydrogens (tertiary/aromatic N) is 1. The molecule has 0 spiro atoms. The molecule has 3 N–H and O–H groups in total. The Bertz CT molecular complexity index is 1310. The van der Waals surface area contributed by atoms with Gasteiger partial charge in [-0.3, -0.25) is 4.79 Å². The van der Waals surface area contributed by atoms with Gasteiger partial charge in [-0.05, 0) is 48.9 Å². The number of alkyl halides is 3. The third-order valence-electron chi connectivity index (χ3n) is 3.90. The van der Waals surface area contributed by atoms with Gasteiger partial charge in [-0.15, -0.1) is 0 Å². The average Bonchev–Trinajstić information content (AvgIpc) is 3.14. The average molecular weight is 554 g/mol. The summed E-state index contributed by atoms with van der Waals surface area (Å²) in [6.45, 7) is 1.68. The minimum absolute atomic E-state index is 0.0176. The van der Waals surface area contributed by atoms with Gasteiger partial charge in [-0.1, -0.05) is 34.4 Å². The van der Waals surface area contributed by atoms with Crippen molar-refractivity contribution in [1.29, 1.82) is 0 Å². The van der Waals surface area contributed by atoms with Gasteiger partial charge in [0.2, 0.25) is 11.8 Å². The molecule has 0 aliphatic rings. The maximum atomic E-state index is 12.3. The first-order valence-corrected chi connectivity index (χ1v) is 11.5. The number of carboxylic acid groups (broad SMARTS) is 1. The molecule has 0 aliphatic carbocycles. The number of aliphatic carboxylic acids is 1. The number of benzene rings is 2. The van der Waals surface area contributed by atoms with Crippen LogP contribution in [0.15, 0.2) is 57.9 Å². The van der Waals surface area contributed by atoms with Gasteiger partial charge in [0, 0.05) is 11.8 Å². The second-order valence-electron chi connectivity index (χ2n) is 6.74. The molecular weight excluding hydrogens is 538 g/mol. The zero-order valence-electron chi connectivity index (χ0n) is 17.6. The van der Waals surface area contributed by atoms with Crippen LogP contribution in [-0.4, -0.2) is 36.7 Å². The molecule has 1 aromatic heterocycles. The molecule has 15 heteroatoms. The second kappa shape index (κ2) is 11.4. The number of aromatic nitrogens is 1. The fraction of sp³-hybridized carbons (Fsp3) is 0.150. The van der Waals surface area contributed by atoms with E-state index in [1.807, 2.05) is 0 Å². The van der Waals surface area contributed by atoms with E-state index in [9.17, 15) is 26.4 Å². The molecule has 35 heavy (non-hydrogen) atoms. The van der Waals surface area contributed by atoms with Gasteiger partial charge in [0.05, 0.1) is 27.1 Å². The fourth-order valence-corrected chi connectivity index (χ4v) is 3.65. The van der Waals surface area contributed by atoms with Crippen LogP contribution >= 0.6 is 23.2 Å². The maximum absolute atomic E-state index is 12.3. The summed E-state index contributed by atoms with van der Waals surface area (Å²) >= 11 is 11.8. The maximum Gasteiger partial charge on any atom is 0.490 e. The Morgan fingerprint density at radius 3 is 2.14 bits per heavy atom. The van der Waals surface area contributed by atoms with Crippen LogP contribution in [0.2, 0.25) is 10.0 Å². The highest BCUT2D eigenvalue weighted by Gasteiger charge is 2.38. The van der Waals surface area contributed by atoms with Crippen molar-refractivity contribution in [2.24, 2.45) is 0 Å². The van der Waals surface area contributed by atoms with E-state index < -0.39 is 22.2 Å². The van der Waals surface area contributed by atoms with Gasteiger partial charge in [0.1, 0.15) is 0 Å². The van der Waals surface area contributed by atoms with E-state index in [1.165, 1.54) is 30.3 Å². The van der Waals surface area contributed by atoms with Crippen LogP contribution in [0.3, 0.4) is 0 Å². The largest absolute Gasteiger partial charge is 0.490 e. The van der Waals surface area contributed by atoms with Crippen molar-refractivity contribution in [3.8, 4) is 0 Å². The molecule has 0 saturated carbocycles. The van der Waals surface area contributed by atoms with E-state index in [2.05, 4.69) is 15.2 Å². The number of amides is 1. The topological polar surface area (TPSA) is 139 Å². The van der Waals surface area contributed by atoms with Gasteiger partial charge in [-0.25, -0.2) is 17.9 Å². The van der Waals surface area contributed by atoms with Crippen LogP contribution in [0, 0.1) is 6.92 Å². The number of anilines is 2. The molecule has 9 nitrogen and oxygen atoms in total. The summed E-state index contributed by atoms with van der Waals surface area (Å²) < 4.78 is 63.6. The Kier molecular flexibility index (Phi) is 9.12. The van der Waals surface area contributed by atoms with Crippen LogP contribution in [0.1, 0.15) is 11.3 Å². The Labute approximate surface area is 206 Å². The summed E-state index contributed by atoms with van der Waals surface area (Å²) in [5.41, 5.74) is 1.72. The zero-order valence-corrected chi connectivity index (χ0v) is 19.9.